The van der Waals surface area contributed by atoms with Crippen molar-refractivity contribution in [1.29, 1.82) is 0 Å². The molecule has 26 heavy (non-hydrogen) atoms. The highest BCUT2D eigenvalue weighted by molar-refractivity contribution is 7.99. The van der Waals surface area contributed by atoms with Crippen molar-refractivity contribution in [2.45, 2.75) is 45.8 Å². The molecular weight excluding hydrogens is 348 g/mol. The number of carbonyl (C=O) groups excluding carboxylic acids is 1. The van der Waals surface area contributed by atoms with Crippen molar-refractivity contribution in [3.05, 3.63) is 29.8 Å². The molecule has 0 aliphatic heterocycles. The van der Waals surface area contributed by atoms with Gasteiger partial charge in [-0.2, -0.15) is 0 Å². The third kappa shape index (κ3) is 5.32. The van der Waals surface area contributed by atoms with Crippen LogP contribution in [0.25, 0.3) is 11.4 Å². The number of benzene rings is 1. The molecule has 2 N–H and O–H groups in total. The molecule has 0 saturated carbocycles. The Balaban J connectivity index is 2.00. The van der Waals surface area contributed by atoms with E-state index in [0.29, 0.717) is 18.7 Å². The maximum atomic E-state index is 12.1. The molecule has 2 aromatic rings. The summed E-state index contributed by atoms with van der Waals surface area (Å²) in [6, 6.07) is 8.09. The molecule has 0 spiro atoms. The first-order chi connectivity index (χ1) is 12.4. The Morgan fingerprint density at radius 3 is 2.69 bits per heavy atom. The average molecular weight is 377 g/mol. The van der Waals surface area contributed by atoms with Crippen LogP contribution in [0.3, 0.4) is 0 Å². The van der Waals surface area contributed by atoms with Gasteiger partial charge in [-0.15, -0.1) is 10.2 Å². The lowest BCUT2D eigenvalue weighted by Gasteiger charge is -2.23. The van der Waals surface area contributed by atoms with E-state index in [1.165, 1.54) is 11.8 Å². The predicted molar refractivity (Wildman–Crippen MR) is 105 cm³/mol. The van der Waals surface area contributed by atoms with E-state index < -0.39 is 0 Å². The lowest BCUT2D eigenvalue weighted by molar-refractivity contribution is -0.119. The van der Waals surface area contributed by atoms with Gasteiger partial charge in [0.1, 0.15) is 0 Å². The zero-order valence-electron chi connectivity index (χ0n) is 16.0. The smallest absolute Gasteiger partial charge is 0.230 e. The lowest BCUT2D eigenvalue weighted by Crippen LogP contribution is -2.35. The topological polar surface area (TPSA) is 80.0 Å². The molecule has 1 aromatic heterocycles. The Bertz CT molecular complexity index is 743. The van der Waals surface area contributed by atoms with E-state index in [9.17, 15) is 4.79 Å². The van der Waals surface area contributed by atoms with Crippen molar-refractivity contribution in [3.63, 3.8) is 0 Å². The molecular formula is C19H28N4O2S. The molecule has 1 heterocycles. The molecule has 0 saturated heterocycles. The Hall–Kier alpha value is -1.86. The number of carbonyl (C=O) groups is 1. The number of thioether (sulfide) groups is 1. The number of aromatic nitrogens is 3. The largest absolute Gasteiger partial charge is 0.396 e. The molecule has 0 atom stereocenters. The monoisotopic (exact) mass is 376 g/mol. The van der Waals surface area contributed by atoms with Gasteiger partial charge < -0.3 is 15.0 Å². The second-order valence-electron chi connectivity index (χ2n) is 7.07. The van der Waals surface area contributed by atoms with E-state index >= 15 is 0 Å². The van der Waals surface area contributed by atoms with Gasteiger partial charge >= 0.3 is 0 Å². The molecule has 0 unspecified atom stereocenters. The van der Waals surface area contributed by atoms with Gasteiger partial charge in [0.25, 0.3) is 0 Å². The average Bonchev–Trinajstić information content (AvgIpc) is 3.01. The highest BCUT2D eigenvalue weighted by Crippen LogP contribution is 2.26. The quantitative estimate of drug-likeness (QED) is 0.658. The molecule has 2 rings (SSSR count). The number of nitrogens with one attached hydrogen (secondary N) is 1. The van der Waals surface area contributed by atoms with E-state index in [2.05, 4.69) is 28.5 Å². The summed E-state index contributed by atoms with van der Waals surface area (Å²) < 4.78 is 2.04. The van der Waals surface area contributed by atoms with Crippen molar-refractivity contribution < 1.29 is 9.90 Å². The number of aliphatic hydroxyl groups is 1. The van der Waals surface area contributed by atoms with E-state index in [-0.39, 0.29) is 17.9 Å². The summed E-state index contributed by atoms with van der Waals surface area (Å²) in [6.07, 6.45) is 0.657. The number of hydrogen-bond donors (Lipinski definition) is 2. The summed E-state index contributed by atoms with van der Waals surface area (Å²) in [5, 5.41) is 21.4. The van der Waals surface area contributed by atoms with Gasteiger partial charge in [-0.05, 0) is 31.2 Å². The van der Waals surface area contributed by atoms with Crippen molar-refractivity contribution in [2.75, 3.05) is 18.9 Å². The first-order valence-corrected chi connectivity index (χ1v) is 9.86. The minimum Gasteiger partial charge on any atom is -0.396 e. The fourth-order valence-corrected chi connectivity index (χ4v) is 3.45. The minimum atomic E-state index is -0.115. The van der Waals surface area contributed by atoms with Gasteiger partial charge in [0.05, 0.1) is 5.75 Å². The van der Waals surface area contributed by atoms with Crippen molar-refractivity contribution in [1.82, 2.24) is 20.1 Å². The van der Waals surface area contributed by atoms with Crippen LogP contribution in [0.5, 0.6) is 0 Å². The van der Waals surface area contributed by atoms with Crippen LogP contribution in [-0.4, -0.2) is 44.7 Å². The highest BCUT2D eigenvalue weighted by Gasteiger charge is 2.19. The van der Waals surface area contributed by atoms with Crippen LogP contribution in [0.2, 0.25) is 0 Å². The van der Waals surface area contributed by atoms with Crippen LogP contribution in [0, 0.1) is 12.3 Å². The summed E-state index contributed by atoms with van der Waals surface area (Å²) in [5.74, 6) is 1.09. The fourth-order valence-electron chi connectivity index (χ4n) is 2.61. The minimum absolute atomic E-state index is 0.0379. The standard InChI is InChI=1S/C19H28N4O2S/c1-5-23-17(15-9-7-6-8-14(15)2)21-22-18(23)26-12-16(25)20-13-19(3,4)10-11-24/h6-9,24H,5,10-13H2,1-4H3,(H,20,25). The highest BCUT2D eigenvalue weighted by atomic mass is 32.2. The molecule has 0 radical (unpaired) electrons. The second kappa shape index (κ2) is 9.19. The van der Waals surface area contributed by atoms with Crippen molar-refractivity contribution >= 4 is 17.7 Å². The van der Waals surface area contributed by atoms with Crippen molar-refractivity contribution in [2.24, 2.45) is 5.41 Å². The summed E-state index contributed by atoms with van der Waals surface area (Å²) in [4.78, 5) is 12.1. The molecule has 142 valence electrons. The van der Waals surface area contributed by atoms with Gasteiger partial charge in [-0.25, -0.2) is 0 Å². The lowest BCUT2D eigenvalue weighted by atomic mass is 9.90. The van der Waals surface area contributed by atoms with Gasteiger partial charge in [-0.3, -0.25) is 4.79 Å². The number of hydrogen-bond acceptors (Lipinski definition) is 5. The van der Waals surface area contributed by atoms with Crippen LogP contribution in [0.4, 0.5) is 0 Å². The fraction of sp³-hybridized carbons (Fsp3) is 0.526. The van der Waals surface area contributed by atoms with E-state index in [1.54, 1.807) is 0 Å². The van der Waals surface area contributed by atoms with Crippen LogP contribution in [0.15, 0.2) is 29.4 Å². The summed E-state index contributed by atoms with van der Waals surface area (Å²) in [5.41, 5.74) is 2.09. The Labute approximate surface area is 159 Å². The van der Waals surface area contributed by atoms with Crippen LogP contribution < -0.4 is 5.32 Å². The van der Waals surface area contributed by atoms with Gasteiger partial charge in [-0.1, -0.05) is 49.9 Å². The SMILES string of the molecule is CCn1c(SCC(=O)NCC(C)(C)CCO)nnc1-c1ccccc1C. The molecule has 0 aliphatic rings. The third-order valence-corrected chi connectivity index (χ3v) is 5.27. The molecule has 0 aliphatic carbocycles. The predicted octanol–water partition coefficient (Wildman–Crippen LogP) is 2.89. The molecule has 0 bridgehead atoms. The Morgan fingerprint density at radius 1 is 1.31 bits per heavy atom. The zero-order chi connectivity index (χ0) is 19.2. The number of rotatable bonds is 9. The second-order valence-corrected chi connectivity index (χ2v) is 8.01. The molecule has 6 nitrogen and oxygen atoms in total. The summed E-state index contributed by atoms with van der Waals surface area (Å²) in [6.45, 7) is 9.56. The molecule has 1 aromatic carbocycles. The first kappa shape index (κ1) is 20.5. The van der Waals surface area contributed by atoms with E-state index in [0.717, 1.165) is 28.7 Å². The van der Waals surface area contributed by atoms with Gasteiger partial charge in [0, 0.05) is 25.3 Å². The Morgan fingerprint density at radius 2 is 2.04 bits per heavy atom. The van der Waals surface area contributed by atoms with Crippen LogP contribution in [0.1, 0.15) is 32.8 Å². The van der Waals surface area contributed by atoms with E-state index in [1.807, 2.05) is 43.5 Å². The molecule has 1 amide bonds. The zero-order valence-corrected chi connectivity index (χ0v) is 16.8. The van der Waals surface area contributed by atoms with Crippen molar-refractivity contribution in [3.8, 4) is 11.4 Å². The van der Waals surface area contributed by atoms with E-state index in [4.69, 9.17) is 5.11 Å². The van der Waals surface area contributed by atoms with Crippen LogP contribution in [-0.2, 0) is 11.3 Å². The van der Waals surface area contributed by atoms with Gasteiger partial charge in [0.2, 0.25) is 5.91 Å². The third-order valence-electron chi connectivity index (χ3n) is 4.30. The van der Waals surface area contributed by atoms with Crippen LogP contribution >= 0.6 is 11.8 Å². The van der Waals surface area contributed by atoms with Gasteiger partial charge in [0.15, 0.2) is 11.0 Å². The number of aliphatic hydroxyl groups excluding tert-OH is 1. The number of nitrogens with zero attached hydrogens (tertiary/aromatic N) is 3. The molecule has 7 heteroatoms. The Kier molecular flexibility index (Phi) is 7.23. The maximum Gasteiger partial charge on any atom is 0.230 e. The number of aryl methyl sites for hydroxylation is 1. The normalized spacial score (nSPS) is 11.6. The summed E-state index contributed by atoms with van der Waals surface area (Å²) >= 11 is 1.39. The summed E-state index contributed by atoms with van der Waals surface area (Å²) in [7, 11) is 0. The molecule has 0 fully saturated rings. The first-order valence-electron chi connectivity index (χ1n) is 8.87. The number of amides is 1. The maximum absolute atomic E-state index is 12.1.